The van der Waals surface area contributed by atoms with Crippen LogP contribution in [0.1, 0.15) is 39.5 Å². The zero-order valence-electron chi connectivity index (χ0n) is 18.9. The number of aliphatic carboxylic acids is 2. The molecule has 178 valence electrons. The van der Waals surface area contributed by atoms with Crippen molar-refractivity contribution in [1.29, 1.82) is 0 Å². The third-order valence-corrected chi connectivity index (χ3v) is 7.01. The van der Waals surface area contributed by atoms with Gasteiger partial charge in [0.05, 0.1) is 0 Å². The first kappa shape index (κ1) is 30.1. The Morgan fingerprint density at radius 3 is 1.24 bits per heavy atom. The third kappa shape index (κ3) is 19.5. The van der Waals surface area contributed by atoms with Crippen molar-refractivity contribution in [3.05, 3.63) is 60.7 Å². The second-order valence-corrected chi connectivity index (χ2v) is 10.6. The van der Waals surface area contributed by atoms with Crippen LogP contribution < -0.4 is 9.47 Å². The Balaban J connectivity index is 0.000000859. The maximum atomic E-state index is 11.7. The van der Waals surface area contributed by atoms with Crippen LogP contribution in [-0.4, -0.2) is 55.2 Å². The van der Waals surface area contributed by atoms with E-state index in [1.807, 2.05) is 36.4 Å². The van der Waals surface area contributed by atoms with Crippen LogP contribution in [0.3, 0.4) is 0 Å². The number of carboxylic acid groups (broad SMARTS) is 2. The summed E-state index contributed by atoms with van der Waals surface area (Å²) in [6.07, 6.45) is 1.30. The van der Waals surface area contributed by atoms with Gasteiger partial charge in [-0.15, -0.1) is 0 Å². The summed E-state index contributed by atoms with van der Waals surface area (Å²) in [6.45, 7) is 3.20. The Morgan fingerprint density at radius 1 is 0.667 bits per heavy atom. The minimum absolute atomic E-state index is 0.205. The SMILES string of the molecule is CCC(=O)O.CCC(=O)O.O=C(C[CH2][Sn][CH2]CC(=O)Oc1ccccc1)Oc1ccccc1. The van der Waals surface area contributed by atoms with Crippen molar-refractivity contribution in [3.8, 4) is 11.5 Å². The summed E-state index contributed by atoms with van der Waals surface area (Å²) in [6, 6.07) is 18.1. The molecular weight excluding hydrogens is 535 g/mol. The van der Waals surface area contributed by atoms with Gasteiger partial charge in [0.25, 0.3) is 0 Å². The molecule has 0 atom stereocenters. The van der Waals surface area contributed by atoms with Crippen LogP contribution in [0.5, 0.6) is 11.5 Å². The fraction of sp³-hybridized carbons (Fsp3) is 0.333. The summed E-state index contributed by atoms with van der Waals surface area (Å²) in [4.78, 5) is 42.1. The number of carbonyl (C=O) groups excluding carboxylic acids is 2. The van der Waals surface area contributed by atoms with Gasteiger partial charge in [-0.3, -0.25) is 9.59 Å². The number of esters is 2. The molecule has 0 bridgehead atoms. The number of benzene rings is 2. The first-order valence-electron chi connectivity index (χ1n) is 10.4. The summed E-state index contributed by atoms with van der Waals surface area (Å²) in [7, 11) is 0. The molecule has 0 aliphatic heterocycles. The van der Waals surface area contributed by atoms with Crippen molar-refractivity contribution < 1.29 is 38.9 Å². The van der Waals surface area contributed by atoms with Crippen molar-refractivity contribution in [3.63, 3.8) is 0 Å². The second-order valence-electron chi connectivity index (χ2n) is 6.32. The molecule has 0 aliphatic carbocycles. The number of carbonyl (C=O) groups is 4. The van der Waals surface area contributed by atoms with E-state index in [1.54, 1.807) is 38.1 Å². The van der Waals surface area contributed by atoms with E-state index in [0.717, 1.165) is 8.87 Å². The predicted octanol–water partition coefficient (Wildman–Crippen LogP) is 4.48. The van der Waals surface area contributed by atoms with Crippen molar-refractivity contribution in [2.45, 2.75) is 48.4 Å². The van der Waals surface area contributed by atoms with Crippen LogP contribution in [0.15, 0.2) is 60.7 Å². The Hall–Kier alpha value is -2.88. The molecule has 0 aliphatic rings. The predicted molar refractivity (Wildman–Crippen MR) is 125 cm³/mol. The first-order chi connectivity index (χ1) is 15.8. The molecule has 0 fully saturated rings. The fourth-order valence-electron chi connectivity index (χ4n) is 1.85. The van der Waals surface area contributed by atoms with Gasteiger partial charge in [0, 0.05) is 12.8 Å². The normalized spacial score (nSPS) is 9.27. The molecule has 2 radical (unpaired) electrons. The zero-order chi connectivity index (χ0) is 24.9. The molecule has 2 aromatic rings. The van der Waals surface area contributed by atoms with Gasteiger partial charge in [-0.05, 0) is 0 Å². The van der Waals surface area contributed by atoms with E-state index in [9.17, 15) is 19.2 Å². The number of hydrogen-bond donors (Lipinski definition) is 2. The van der Waals surface area contributed by atoms with E-state index in [4.69, 9.17) is 19.7 Å². The van der Waals surface area contributed by atoms with Crippen molar-refractivity contribution in [2.24, 2.45) is 0 Å². The second kappa shape index (κ2) is 19.8. The van der Waals surface area contributed by atoms with E-state index >= 15 is 0 Å². The molecule has 2 rings (SSSR count). The fourth-order valence-corrected chi connectivity index (χ4v) is 4.74. The standard InChI is InChI=1S/2C9H9O2.2C3H6O2.Sn/c2*1-2-9(10)11-8-6-4-3-5-7-8;2*1-2-3(4)5;/h2*3-7H,1-2H2;2*2H2,1H3,(H,4,5);. The molecule has 0 heterocycles. The molecule has 0 saturated carbocycles. The van der Waals surface area contributed by atoms with Gasteiger partial charge in [-0.25, -0.2) is 0 Å². The van der Waals surface area contributed by atoms with Gasteiger partial charge in [-0.1, -0.05) is 13.8 Å². The monoisotopic (exact) mass is 566 g/mol. The summed E-state index contributed by atoms with van der Waals surface area (Å²) in [5.74, 6) is -0.744. The summed E-state index contributed by atoms with van der Waals surface area (Å²) in [5, 5.41) is 15.4. The van der Waals surface area contributed by atoms with Gasteiger partial charge in [0.2, 0.25) is 0 Å². The van der Waals surface area contributed by atoms with E-state index in [1.165, 1.54) is 0 Å². The molecule has 0 saturated heterocycles. The van der Waals surface area contributed by atoms with E-state index in [2.05, 4.69) is 0 Å². The van der Waals surface area contributed by atoms with E-state index < -0.39 is 33.1 Å². The van der Waals surface area contributed by atoms with Gasteiger partial charge >= 0.3 is 158 Å². The number of hydrogen-bond acceptors (Lipinski definition) is 6. The quantitative estimate of drug-likeness (QED) is 0.187. The molecule has 2 N–H and O–H groups in total. The molecule has 33 heavy (non-hydrogen) atoms. The van der Waals surface area contributed by atoms with Gasteiger partial charge in [0.1, 0.15) is 0 Å². The molecule has 2 aromatic carbocycles. The minimum atomic E-state index is -0.745. The van der Waals surface area contributed by atoms with Crippen molar-refractivity contribution in [2.75, 3.05) is 0 Å². The molecule has 0 unspecified atom stereocenters. The van der Waals surface area contributed by atoms with Crippen LogP contribution in [0.25, 0.3) is 0 Å². The average Bonchev–Trinajstić information content (AvgIpc) is 2.81. The van der Waals surface area contributed by atoms with Crippen molar-refractivity contribution >= 4 is 45.0 Å². The summed E-state index contributed by atoms with van der Waals surface area (Å²) < 4.78 is 12.2. The first-order valence-corrected chi connectivity index (χ1v) is 14.5. The molecule has 0 amide bonds. The van der Waals surface area contributed by atoms with Gasteiger partial charge in [0.15, 0.2) is 0 Å². The van der Waals surface area contributed by atoms with Crippen LogP contribution in [0.4, 0.5) is 0 Å². The topological polar surface area (TPSA) is 127 Å². The zero-order valence-corrected chi connectivity index (χ0v) is 21.7. The summed E-state index contributed by atoms with van der Waals surface area (Å²) >= 11 is -0.732. The Morgan fingerprint density at radius 2 is 0.970 bits per heavy atom. The van der Waals surface area contributed by atoms with Crippen LogP contribution in [0, 0.1) is 0 Å². The Bertz CT molecular complexity index is 755. The number of para-hydroxylation sites is 2. The number of carboxylic acids is 2. The van der Waals surface area contributed by atoms with Crippen molar-refractivity contribution in [1.82, 2.24) is 0 Å². The van der Waals surface area contributed by atoms with Gasteiger partial charge < -0.3 is 10.2 Å². The molecular formula is C24H30O8Sn. The number of rotatable bonds is 10. The van der Waals surface area contributed by atoms with Crippen LogP contribution in [0.2, 0.25) is 8.87 Å². The molecule has 0 spiro atoms. The summed E-state index contributed by atoms with van der Waals surface area (Å²) in [5.41, 5.74) is 0. The molecule has 0 aromatic heterocycles. The van der Waals surface area contributed by atoms with E-state index in [0.29, 0.717) is 24.3 Å². The molecule has 8 nitrogen and oxygen atoms in total. The van der Waals surface area contributed by atoms with Gasteiger partial charge in [-0.2, -0.15) is 0 Å². The van der Waals surface area contributed by atoms with Crippen LogP contribution >= 0.6 is 0 Å². The third-order valence-electron chi connectivity index (χ3n) is 3.57. The maximum absolute atomic E-state index is 11.7. The van der Waals surface area contributed by atoms with Crippen LogP contribution in [-0.2, 0) is 19.2 Å². The van der Waals surface area contributed by atoms with E-state index in [-0.39, 0.29) is 24.8 Å². The number of ether oxygens (including phenoxy) is 2. The Kier molecular flexibility index (Phi) is 18.1. The molecule has 9 heteroatoms. The average molecular weight is 565 g/mol. The Labute approximate surface area is 204 Å².